The monoisotopic (exact) mass is 541 g/mol. The molecule has 5 nitrogen and oxygen atoms in total. The molecule has 0 saturated carbocycles. The van der Waals surface area contributed by atoms with Crippen LogP contribution in [0, 0.1) is 5.82 Å². The largest absolute Gasteiger partial charge is 0.361 e. The number of aromatic amines is 1. The van der Waals surface area contributed by atoms with Gasteiger partial charge in [-0.1, -0.05) is 76.6 Å². The predicted molar refractivity (Wildman–Crippen MR) is 160 cm³/mol. The highest BCUT2D eigenvalue weighted by Crippen LogP contribution is 2.23. The van der Waals surface area contributed by atoms with Gasteiger partial charge in [-0.2, -0.15) is 0 Å². The van der Waals surface area contributed by atoms with E-state index in [4.69, 9.17) is 0 Å². The first kappa shape index (κ1) is 29.1. The molecule has 0 fully saturated rings. The lowest BCUT2D eigenvalue weighted by molar-refractivity contribution is -0.132. The van der Waals surface area contributed by atoms with Crippen LogP contribution in [0.1, 0.15) is 67.6 Å². The quantitative estimate of drug-likeness (QED) is 0.220. The fourth-order valence-corrected chi connectivity index (χ4v) is 4.86. The molecule has 3 aromatic carbocycles. The van der Waals surface area contributed by atoms with E-state index in [1.807, 2.05) is 29.3 Å². The van der Waals surface area contributed by atoms with Gasteiger partial charge in [-0.25, -0.2) is 4.39 Å². The molecule has 1 aromatic heterocycles. The first-order valence-corrected chi connectivity index (χ1v) is 14.1. The minimum Gasteiger partial charge on any atom is -0.361 e. The molecule has 6 heteroatoms. The molecular weight excluding hydrogens is 501 g/mol. The van der Waals surface area contributed by atoms with Gasteiger partial charge in [0.15, 0.2) is 0 Å². The summed E-state index contributed by atoms with van der Waals surface area (Å²) in [5, 5.41) is 1.15. The maximum atomic E-state index is 13.8. The molecule has 0 saturated heterocycles. The average molecular weight is 542 g/mol. The zero-order chi connectivity index (χ0) is 28.7. The molecule has 210 valence electrons. The van der Waals surface area contributed by atoms with Gasteiger partial charge in [0.2, 0.25) is 5.91 Å². The lowest BCUT2D eigenvalue weighted by Crippen LogP contribution is -2.43. The van der Waals surface area contributed by atoms with E-state index in [-0.39, 0.29) is 23.8 Å². The number of benzene rings is 3. The van der Waals surface area contributed by atoms with E-state index in [0.29, 0.717) is 31.6 Å². The van der Waals surface area contributed by atoms with Crippen molar-refractivity contribution in [2.75, 3.05) is 19.6 Å². The zero-order valence-electron chi connectivity index (χ0n) is 24.0. The summed E-state index contributed by atoms with van der Waals surface area (Å²) in [6.45, 7) is 10.0. The molecule has 0 unspecified atom stereocenters. The van der Waals surface area contributed by atoms with Gasteiger partial charge in [0.05, 0.1) is 0 Å². The highest BCUT2D eigenvalue weighted by Gasteiger charge is 2.23. The Kier molecular flexibility index (Phi) is 9.41. The van der Waals surface area contributed by atoms with E-state index >= 15 is 0 Å². The number of nitrogens with one attached hydrogen (secondary N) is 1. The summed E-state index contributed by atoms with van der Waals surface area (Å²) in [7, 11) is 0. The van der Waals surface area contributed by atoms with Gasteiger partial charge >= 0.3 is 0 Å². The summed E-state index contributed by atoms with van der Waals surface area (Å²) < 4.78 is 13.5. The fourth-order valence-electron chi connectivity index (χ4n) is 4.86. The van der Waals surface area contributed by atoms with Crippen molar-refractivity contribution < 1.29 is 14.0 Å². The summed E-state index contributed by atoms with van der Waals surface area (Å²) in [4.78, 5) is 33.9. The topological polar surface area (TPSA) is 56.4 Å². The number of nitrogens with zero attached hydrogens (tertiary/aromatic N) is 2. The van der Waals surface area contributed by atoms with Crippen LogP contribution in [0.5, 0.6) is 0 Å². The number of aromatic nitrogens is 1. The average Bonchev–Trinajstić information content (AvgIpc) is 3.36. The third kappa shape index (κ3) is 7.38. The van der Waals surface area contributed by atoms with Crippen LogP contribution in [-0.4, -0.2) is 46.2 Å². The van der Waals surface area contributed by atoms with Crippen LogP contribution in [0.15, 0.2) is 79.0 Å². The number of amides is 2. The van der Waals surface area contributed by atoms with Crippen molar-refractivity contribution in [2.45, 2.75) is 58.9 Å². The Bertz CT molecular complexity index is 1420. The van der Waals surface area contributed by atoms with E-state index in [9.17, 15) is 14.0 Å². The van der Waals surface area contributed by atoms with Crippen LogP contribution in [0.2, 0.25) is 0 Å². The first-order chi connectivity index (χ1) is 19.2. The first-order valence-electron chi connectivity index (χ1n) is 14.1. The van der Waals surface area contributed by atoms with Crippen molar-refractivity contribution in [1.29, 1.82) is 0 Å². The Hall–Kier alpha value is -3.93. The number of rotatable bonds is 11. The highest BCUT2D eigenvalue weighted by molar-refractivity contribution is 5.96. The number of halogens is 1. The van der Waals surface area contributed by atoms with E-state index in [0.717, 1.165) is 34.9 Å². The molecule has 0 bridgehead atoms. The van der Waals surface area contributed by atoms with Crippen molar-refractivity contribution in [3.8, 4) is 0 Å². The third-order valence-electron chi connectivity index (χ3n) is 7.36. The standard InChI is InChI=1S/C34H40FN3O2/c1-5-6-20-38(33(40)26-13-17-29(35)18-14-26)24-32(39)37(23-25-11-15-28(16-12-25)34(2,3)4)21-19-27-22-36-31-10-8-7-9-30(27)31/h7-18,22,36H,5-6,19-21,23-24H2,1-4H3. The number of H-pyrrole nitrogens is 1. The minimum absolute atomic E-state index is 0.0236. The van der Waals surface area contributed by atoms with Gasteiger partial charge in [-0.15, -0.1) is 0 Å². The molecular formula is C34H40FN3O2. The molecule has 4 aromatic rings. The van der Waals surface area contributed by atoms with Crippen LogP contribution in [-0.2, 0) is 23.2 Å². The van der Waals surface area contributed by atoms with Crippen molar-refractivity contribution in [1.82, 2.24) is 14.8 Å². The summed E-state index contributed by atoms with van der Waals surface area (Å²) >= 11 is 0. The molecule has 1 N–H and O–H groups in total. The predicted octanol–water partition coefficient (Wildman–Crippen LogP) is 7.12. The number of unbranched alkanes of at least 4 members (excludes halogenated alkanes) is 1. The molecule has 0 spiro atoms. The molecule has 40 heavy (non-hydrogen) atoms. The minimum atomic E-state index is -0.395. The van der Waals surface area contributed by atoms with Crippen LogP contribution < -0.4 is 0 Å². The lowest BCUT2D eigenvalue weighted by atomic mass is 9.87. The maximum Gasteiger partial charge on any atom is 0.254 e. The molecule has 2 amide bonds. The number of fused-ring (bicyclic) bond motifs is 1. The fraction of sp³-hybridized carbons (Fsp3) is 0.353. The molecule has 4 rings (SSSR count). The molecule has 0 aliphatic rings. The number of hydrogen-bond donors (Lipinski definition) is 1. The van der Waals surface area contributed by atoms with Gasteiger partial charge in [-0.3, -0.25) is 9.59 Å². The summed E-state index contributed by atoms with van der Waals surface area (Å²) in [6.07, 6.45) is 4.38. The van der Waals surface area contributed by atoms with Crippen LogP contribution in [0.4, 0.5) is 4.39 Å². The maximum absolute atomic E-state index is 13.8. The second kappa shape index (κ2) is 12.9. The Morgan fingerprint density at radius 3 is 2.25 bits per heavy atom. The third-order valence-corrected chi connectivity index (χ3v) is 7.36. The number of carbonyl (C=O) groups excluding carboxylic acids is 2. The van der Waals surface area contributed by atoms with Gasteiger partial charge in [0.25, 0.3) is 5.91 Å². The number of para-hydroxylation sites is 1. The van der Waals surface area contributed by atoms with Gasteiger partial charge in [-0.05, 0) is 65.3 Å². The molecule has 0 radical (unpaired) electrons. The Morgan fingerprint density at radius 1 is 0.875 bits per heavy atom. The van der Waals surface area contributed by atoms with Crippen LogP contribution in [0.3, 0.4) is 0 Å². The van der Waals surface area contributed by atoms with Gasteiger partial charge in [0.1, 0.15) is 12.4 Å². The van der Waals surface area contributed by atoms with Gasteiger partial charge < -0.3 is 14.8 Å². The van der Waals surface area contributed by atoms with E-state index in [1.165, 1.54) is 29.8 Å². The summed E-state index contributed by atoms with van der Waals surface area (Å²) in [6, 6.07) is 22.1. The molecule has 1 heterocycles. The molecule has 0 atom stereocenters. The van der Waals surface area contributed by atoms with E-state index in [1.54, 1.807) is 4.90 Å². The zero-order valence-corrected chi connectivity index (χ0v) is 24.0. The van der Waals surface area contributed by atoms with Crippen LogP contribution >= 0.6 is 0 Å². The second-order valence-electron chi connectivity index (χ2n) is 11.5. The van der Waals surface area contributed by atoms with Crippen molar-refractivity contribution >= 4 is 22.7 Å². The van der Waals surface area contributed by atoms with Crippen molar-refractivity contribution in [3.05, 3.63) is 107 Å². The SMILES string of the molecule is CCCCN(CC(=O)N(CCc1c[nH]c2ccccc12)Cc1ccc(C(C)(C)C)cc1)C(=O)c1ccc(F)cc1. The second-order valence-corrected chi connectivity index (χ2v) is 11.5. The van der Waals surface area contributed by atoms with Crippen molar-refractivity contribution in [2.24, 2.45) is 0 Å². The highest BCUT2D eigenvalue weighted by atomic mass is 19.1. The lowest BCUT2D eigenvalue weighted by Gasteiger charge is -2.28. The van der Waals surface area contributed by atoms with Crippen molar-refractivity contribution in [3.63, 3.8) is 0 Å². The van der Waals surface area contributed by atoms with E-state index in [2.05, 4.69) is 63.0 Å². The normalized spacial score (nSPS) is 11.5. The summed E-state index contributed by atoms with van der Waals surface area (Å²) in [5.41, 5.74) is 4.94. The molecule has 0 aliphatic carbocycles. The van der Waals surface area contributed by atoms with E-state index < -0.39 is 5.82 Å². The Balaban J connectivity index is 1.56. The smallest absolute Gasteiger partial charge is 0.254 e. The van der Waals surface area contributed by atoms with Gasteiger partial charge in [0, 0.05) is 42.3 Å². The number of carbonyl (C=O) groups is 2. The Labute approximate surface area is 237 Å². The number of hydrogen-bond acceptors (Lipinski definition) is 2. The summed E-state index contributed by atoms with van der Waals surface area (Å²) in [5.74, 6) is -0.757. The Morgan fingerprint density at radius 2 is 1.57 bits per heavy atom. The van der Waals surface area contributed by atoms with Crippen LogP contribution in [0.25, 0.3) is 10.9 Å². The molecule has 0 aliphatic heterocycles.